The van der Waals surface area contributed by atoms with E-state index in [9.17, 15) is 9.18 Å². The topological polar surface area (TPSA) is 54.6 Å². The van der Waals surface area contributed by atoms with Gasteiger partial charge in [-0.2, -0.15) is 0 Å². The van der Waals surface area contributed by atoms with Crippen molar-refractivity contribution in [3.8, 4) is 0 Å². The maximum Gasteiger partial charge on any atom is 0.337 e. The van der Waals surface area contributed by atoms with E-state index in [0.29, 0.717) is 11.3 Å². The standard InChI is InChI=1S/C10H9FN2O2/c1-6(11)8-5-13-4-7(10(14)15)2-3-9(13)12-8/h2-6H,1H3,(H,14,15). The van der Waals surface area contributed by atoms with Crippen LogP contribution in [0, 0.1) is 0 Å². The zero-order valence-electron chi connectivity index (χ0n) is 8.01. The van der Waals surface area contributed by atoms with Crippen LogP contribution in [-0.2, 0) is 0 Å². The molecule has 15 heavy (non-hydrogen) atoms. The van der Waals surface area contributed by atoms with Gasteiger partial charge in [0.05, 0.1) is 11.3 Å². The Morgan fingerprint density at radius 1 is 1.53 bits per heavy atom. The van der Waals surface area contributed by atoms with Crippen LogP contribution < -0.4 is 0 Å². The van der Waals surface area contributed by atoms with Gasteiger partial charge in [-0.05, 0) is 19.1 Å². The van der Waals surface area contributed by atoms with E-state index in [1.54, 1.807) is 6.07 Å². The van der Waals surface area contributed by atoms with Crippen LogP contribution in [0.2, 0.25) is 0 Å². The first kappa shape index (κ1) is 9.64. The van der Waals surface area contributed by atoms with E-state index < -0.39 is 12.1 Å². The first-order valence-corrected chi connectivity index (χ1v) is 4.44. The van der Waals surface area contributed by atoms with Gasteiger partial charge in [-0.3, -0.25) is 0 Å². The highest BCUT2D eigenvalue weighted by molar-refractivity contribution is 5.87. The second-order valence-corrected chi connectivity index (χ2v) is 3.27. The number of nitrogens with zero attached hydrogens (tertiary/aromatic N) is 2. The number of aromatic carboxylic acids is 1. The Morgan fingerprint density at radius 2 is 2.27 bits per heavy atom. The van der Waals surface area contributed by atoms with Crippen LogP contribution in [0.25, 0.3) is 5.65 Å². The number of carbonyl (C=O) groups is 1. The Morgan fingerprint density at radius 3 is 2.87 bits per heavy atom. The maximum atomic E-state index is 12.9. The fourth-order valence-corrected chi connectivity index (χ4v) is 1.33. The summed E-state index contributed by atoms with van der Waals surface area (Å²) in [6.45, 7) is 1.39. The molecular formula is C10H9FN2O2. The number of rotatable bonds is 2. The number of imidazole rings is 1. The molecule has 0 aliphatic carbocycles. The van der Waals surface area contributed by atoms with Crippen LogP contribution in [0.1, 0.15) is 29.1 Å². The summed E-state index contributed by atoms with van der Waals surface area (Å²) in [5, 5.41) is 8.75. The number of pyridine rings is 1. The van der Waals surface area contributed by atoms with E-state index in [-0.39, 0.29) is 5.56 Å². The second-order valence-electron chi connectivity index (χ2n) is 3.27. The predicted molar refractivity (Wildman–Crippen MR) is 51.7 cm³/mol. The van der Waals surface area contributed by atoms with Crippen molar-refractivity contribution < 1.29 is 14.3 Å². The molecule has 0 saturated heterocycles. The summed E-state index contributed by atoms with van der Waals surface area (Å²) in [4.78, 5) is 14.7. The normalized spacial score (nSPS) is 12.9. The number of alkyl halides is 1. The fourth-order valence-electron chi connectivity index (χ4n) is 1.33. The summed E-state index contributed by atoms with van der Waals surface area (Å²) in [7, 11) is 0. The molecule has 1 unspecified atom stereocenters. The van der Waals surface area contributed by atoms with Crippen LogP contribution in [0.15, 0.2) is 24.5 Å². The van der Waals surface area contributed by atoms with Gasteiger partial charge in [0.25, 0.3) is 0 Å². The molecule has 0 bridgehead atoms. The number of aromatic nitrogens is 2. The molecule has 0 aliphatic rings. The van der Waals surface area contributed by atoms with Crippen molar-refractivity contribution in [3.63, 3.8) is 0 Å². The summed E-state index contributed by atoms with van der Waals surface area (Å²) in [6, 6.07) is 2.99. The number of fused-ring (bicyclic) bond motifs is 1. The molecule has 0 fully saturated rings. The first-order valence-electron chi connectivity index (χ1n) is 4.44. The van der Waals surface area contributed by atoms with Gasteiger partial charge in [0.1, 0.15) is 11.8 Å². The van der Waals surface area contributed by atoms with Crippen molar-refractivity contribution in [2.75, 3.05) is 0 Å². The Hall–Kier alpha value is -1.91. The molecule has 78 valence electrons. The van der Waals surface area contributed by atoms with Crippen molar-refractivity contribution in [2.24, 2.45) is 0 Å². The highest BCUT2D eigenvalue weighted by atomic mass is 19.1. The van der Waals surface area contributed by atoms with Gasteiger partial charge in [-0.25, -0.2) is 14.2 Å². The largest absolute Gasteiger partial charge is 0.478 e. The van der Waals surface area contributed by atoms with Gasteiger partial charge in [0.2, 0.25) is 0 Å². The van der Waals surface area contributed by atoms with Gasteiger partial charge in [0, 0.05) is 12.4 Å². The molecule has 0 aliphatic heterocycles. The number of hydrogen-bond acceptors (Lipinski definition) is 2. The average molecular weight is 208 g/mol. The van der Waals surface area contributed by atoms with Crippen LogP contribution in [0.4, 0.5) is 4.39 Å². The summed E-state index contributed by atoms with van der Waals surface area (Å²) in [5.41, 5.74) is 0.995. The zero-order valence-corrected chi connectivity index (χ0v) is 8.01. The third-order valence-electron chi connectivity index (χ3n) is 2.12. The lowest BCUT2D eigenvalue weighted by Gasteiger charge is -1.95. The summed E-state index contributed by atoms with van der Waals surface area (Å²) >= 11 is 0. The second kappa shape index (κ2) is 3.34. The van der Waals surface area contributed by atoms with E-state index in [4.69, 9.17) is 5.11 Å². The first-order chi connectivity index (χ1) is 7.08. The lowest BCUT2D eigenvalue weighted by atomic mass is 10.3. The van der Waals surface area contributed by atoms with Gasteiger partial charge in [0.15, 0.2) is 0 Å². The highest BCUT2D eigenvalue weighted by Gasteiger charge is 2.10. The molecule has 2 heterocycles. The van der Waals surface area contributed by atoms with Crippen LogP contribution in [-0.4, -0.2) is 20.5 Å². The maximum absolute atomic E-state index is 12.9. The van der Waals surface area contributed by atoms with E-state index in [1.165, 1.54) is 29.8 Å². The molecule has 0 saturated carbocycles. The van der Waals surface area contributed by atoms with Crippen molar-refractivity contribution in [2.45, 2.75) is 13.1 Å². The van der Waals surface area contributed by atoms with Crippen LogP contribution in [0.3, 0.4) is 0 Å². The molecule has 1 N–H and O–H groups in total. The van der Waals surface area contributed by atoms with Crippen molar-refractivity contribution in [1.82, 2.24) is 9.38 Å². The molecular weight excluding hydrogens is 199 g/mol. The van der Waals surface area contributed by atoms with Crippen molar-refractivity contribution in [3.05, 3.63) is 35.8 Å². The Kier molecular flexibility index (Phi) is 2.15. The zero-order chi connectivity index (χ0) is 11.0. The van der Waals surface area contributed by atoms with Crippen molar-refractivity contribution >= 4 is 11.6 Å². The molecule has 2 aromatic heterocycles. The molecule has 1 atom stereocenters. The smallest absolute Gasteiger partial charge is 0.337 e. The lowest BCUT2D eigenvalue weighted by molar-refractivity contribution is 0.0696. The Balaban J connectivity index is 2.57. The van der Waals surface area contributed by atoms with Crippen LogP contribution in [0.5, 0.6) is 0 Å². The number of halogens is 1. The van der Waals surface area contributed by atoms with E-state index in [2.05, 4.69) is 4.98 Å². The molecule has 2 rings (SSSR count). The number of carboxylic acid groups (broad SMARTS) is 1. The number of hydrogen-bond donors (Lipinski definition) is 1. The van der Waals surface area contributed by atoms with Crippen molar-refractivity contribution in [1.29, 1.82) is 0 Å². The molecule has 5 heteroatoms. The third-order valence-corrected chi connectivity index (χ3v) is 2.12. The summed E-state index contributed by atoms with van der Waals surface area (Å²) in [6.07, 6.45) is 1.75. The van der Waals surface area contributed by atoms with Gasteiger partial charge >= 0.3 is 5.97 Å². The Bertz CT molecular complexity index is 519. The predicted octanol–water partition coefficient (Wildman–Crippen LogP) is 2.06. The Labute approximate surface area is 85.0 Å². The quantitative estimate of drug-likeness (QED) is 0.821. The molecule has 0 radical (unpaired) electrons. The molecule has 4 nitrogen and oxygen atoms in total. The van der Waals surface area contributed by atoms with E-state index in [0.717, 1.165) is 0 Å². The monoisotopic (exact) mass is 208 g/mol. The minimum Gasteiger partial charge on any atom is -0.478 e. The highest BCUT2D eigenvalue weighted by Crippen LogP contribution is 2.16. The summed E-state index contributed by atoms with van der Waals surface area (Å²) in [5.74, 6) is -1.01. The SMILES string of the molecule is CC(F)c1cn2cc(C(=O)O)ccc2n1. The van der Waals surface area contributed by atoms with E-state index in [1.807, 2.05) is 0 Å². The minimum atomic E-state index is -1.15. The van der Waals surface area contributed by atoms with Gasteiger partial charge < -0.3 is 9.51 Å². The molecule has 0 spiro atoms. The number of carboxylic acids is 1. The third kappa shape index (κ3) is 1.68. The van der Waals surface area contributed by atoms with Gasteiger partial charge in [-0.15, -0.1) is 0 Å². The van der Waals surface area contributed by atoms with Crippen LogP contribution >= 0.6 is 0 Å². The fraction of sp³-hybridized carbons (Fsp3) is 0.200. The minimum absolute atomic E-state index is 0.151. The van der Waals surface area contributed by atoms with Gasteiger partial charge in [-0.1, -0.05) is 0 Å². The molecule has 0 aromatic carbocycles. The average Bonchev–Trinajstić information content (AvgIpc) is 2.59. The lowest BCUT2D eigenvalue weighted by Crippen LogP contribution is -1.97. The van der Waals surface area contributed by atoms with E-state index >= 15 is 0 Å². The molecule has 2 aromatic rings. The molecule has 0 amide bonds. The summed E-state index contributed by atoms with van der Waals surface area (Å²) < 4.78 is 14.4.